The topological polar surface area (TPSA) is 92.6 Å². The number of anilines is 1. The number of allylic oxidation sites excluding steroid dienone is 1. The predicted molar refractivity (Wildman–Crippen MR) is 159 cm³/mol. The molecule has 3 aromatic carbocycles. The van der Waals surface area contributed by atoms with Crippen LogP contribution in [0.15, 0.2) is 107 Å². The lowest BCUT2D eigenvalue weighted by molar-refractivity contribution is -0.117. The van der Waals surface area contributed by atoms with Crippen molar-refractivity contribution in [2.24, 2.45) is 0 Å². The van der Waals surface area contributed by atoms with Gasteiger partial charge >= 0.3 is 0 Å². The summed E-state index contributed by atoms with van der Waals surface area (Å²) >= 11 is 2.75. The molecule has 4 aromatic rings. The first-order valence-electron chi connectivity index (χ1n) is 12.8. The molecule has 202 valence electrons. The van der Waals surface area contributed by atoms with E-state index in [9.17, 15) is 14.7 Å². The van der Waals surface area contributed by atoms with Crippen molar-refractivity contribution in [2.45, 2.75) is 29.5 Å². The molecule has 0 aliphatic carbocycles. The maximum atomic E-state index is 13.5. The second-order valence-electron chi connectivity index (χ2n) is 8.99. The van der Waals surface area contributed by atoms with Crippen molar-refractivity contribution >= 4 is 46.0 Å². The van der Waals surface area contributed by atoms with Crippen LogP contribution in [0.5, 0.6) is 5.75 Å². The van der Waals surface area contributed by atoms with E-state index in [4.69, 9.17) is 4.74 Å². The summed E-state index contributed by atoms with van der Waals surface area (Å²) in [4.78, 5) is 28.3. The molecular weight excluding hydrogens is 542 g/mol. The van der Waals surface area contributed by atoms with Crippen LogP contribution in [-0.2, 0) is 15.3 Å². The number of aromatic nitrogens is 2. The maximum absolute atomic E-state index is 13.5. The highest BCUT2D eigenvalue weighted by molar-refractivity contribution is 8.00. The summed E-state index contributed by atoms with van der Waals surface area (Å²) in [5, 5.41) is 19.9. The summed E-state index contributed by atoms with van der Waals surface area (Å²) in [5.74, 6) is -0.453. The zero-order chi connectivity index (χ0) is 27.9. The Morgan fingerprint density at radius 3 is 2.55 bits per heavy atom. The highest BCUT2D eigenvalue weighted by atomic mass is 32.2. The predicted octanol–water partition coefficient (Wildman–Crippen LogP) is 6.80. The Balaban J connectivity index is 1.48. The number of nitrogens with zero attached hydrogens (tertiary/aromatic N) is 3. The largest absolute Gasteiger partial charge is 0.503 e. The van der Waals surface area contributed by atoms with Crippen molar-refractivity contribution < 1.29 is 19.4 Å². The summed E-state index contributed by atoms with van der Waals surface area (Å²) in [6, 6.07) is 25.7. The van der Waals surface area contributed by atoms with Crippen LogP contribution in [0.1, 0.15) is 36.1 Å². The molecule has 0 saturated carbocycles. The summed E-state index contributed by atoms with van der Waals surface area (Å²) in [5.41, 5.74) is 2.57. The van der Waals surface area contributed by atoms with E-state index in [1.165, 1.54) is 34.1 Å². The lowest BCUT2D eigenvalue weighted by atomic mass is 9.95. The Morgan fingerprint density at radius 2 is 1.80 bits per heavy atom. The van der Waals surface area contributed by atoms with Crippen molar-refractivity contribution in [3.63, 3.8) is 0 Å². The monoisotopic (exact) mass is 569 g/mol. The van der Waals surface area contributed by atoms with Gasteiger partial charge in [-0.05, 0) is 41.3 Å². The van der Waals surface area contributed by atoms with E-state index >= 15 is 0 Å². The molecule has 2 heterocycles. The summed E-state index contributed by atoms with van der Waals surface area (Å²) in [6.45, 7) is 2.54. The fraction of sp³-hybridized carbons (Fsp3) is 0.161. The number of amides is 1. The van der Waals surface area contributed by atoms with Crippen molar-refractivity contribution in [3.8, 4) is 5.75 Å². The third kappa shape index (κ3) is 6.16. The Labute approximate surface area is 240 Å². The third-order valence-corrected chi connectivity index (χ3v) is 8.28. The Morgan fingerprint density at radius 1 is 1.05 bits per heavy atom. The van der Waals surface area contributed by atoms with Crippen LogP contribution < -0.4 is 9.64 Å². The highest BCUT2D eigenvalue weighted by Gasteiger charge is 2.45. The molecule has 5 rings (SSSR count). The van der Waals surface area contributed by atoms with Crippen LogP contribution in [-0.4, -0.2) is 33.6 Å². The van der Waals surface area contributed by atoms with Crippen LogP contribution in [0.4, 0.5) is 5.13 Å². The molecule has 1 amide bonds. The number of hydrogen-bond donors (Lipinski definition) is 1. The van der Waals surface area contributed by atoms with Crippen LogP contribution in [0.3, 0.4) is 0 Å². The molecule has 0 bridgehead atoms. The average molecular weight is 570 g/mol. The minimum absolute atomic E-state index is 0.0153. The number of thioether (sulfide) groups is 1. The molecule has 0 fully saturated rings. The van der Waals surface area contributed by atoms with Gasteiger partial charge < -0.3 is 9.84 Å². The Bertz CT molecular complexity index is 1550. The summed E-state index contributed by atoms with van der Waals surface area (Å²) in [6.07, 6.45) is 3.88. The van der Waals surface area contributed by atoms with Gasteiger partial charge in [-0.3, -0.25) is 14.5 Å². The number of rotatable bonds is 11. The first-order chi connectivity index (χ1) is 19.5. The molecule has 1 unspecified atom stereocenters. The molecule has 0 radical (unpaired) electrons. The molecule has 1 aliphatic rings. The molecule has 1 aromatic heterocycles. The molecule has 0 spiro atoms. The van der Waals surface area contributed by atoms with E-state index in [1.807, 2.05) is 85.8 Å². The number of aliphatic hydroxyl groups excluding tert-OH is 1. The zero-order valence-electron chi connectivity index (χ0n) is 21.8. The Hall–Kier alpha value is -4.21. The molecule has 1 N–H and O–H groups in total. The second kappa shape index (κ2) is 12.8. The van der Waals surface area contributed by atoms with Gasteiger partial charge in [0.2, 0.25) is 5.13 Å². The van der Waals surface area contributed by atoms with Crippen LogP contribution in [0, 0.1) is 0 Å². The fourth-order valence-corrected chi connectivity index (χ4v) is 6.09. The third-order valence-electron chi connectivity index (χ3n) is 6.15. The summed E-state index contributed by atoms with van der Waals surface area (Å²) < 4.78 is 6.49. The van der Waals surface area contributed by atoms with Crippen LogP contribution in [0.25, 0.3) is 6.08 Å². The first-order valence-corrected chi connectivity index (χ1v) is 14.6. The minimum atomic E-state index is -0.898. The van der Waals surface area contributed by atoms with Gasteiger partial charge in [0.05, 0.1) is 18.2 Å². The van der Waals surface area contributed by atoms with E-state index in [0.717, 1.165) is 17.5 Å². The summed E-state index contributed by atoms with van der Waals surface area (Å²) in [7, 11) is 0. The van der Waals surface area contributed by atoms with Gasteiger partial charge in [0.15, 0.2) is 15.9 Å². The normalized spacial score (nSPS) is 15.3. The maximum Gasteiger partial charge on any atom is 0.296 e. The lowest BCUT2D eigenvalue weighted by Crippen LogP contribution is -2.30. The van der Waals surface area contributed by atoms with E-state index in [-0.39, 0.29) is 5.57 Å². The van der Waals surface area contributed by atoms with Crippen molar-refractivity contribution in [3.05, 3.63) is 119 Å². The molecule has 40 heavy (non-hydrogen) atoms. The van der Waals surface area contributed by atoms with E-state index in [2.05, 4.69) is 10.2 Å². The Kier molecular flexibility index (Phi) is 8.73. The lowest BCUT2D eigenvalue weighted by Gasteiger charge is -2.24. The van der Waals surface area contributed by atoms with Crippen molar-refractivity contribution in [1.82, 2.24) is 10.2 Å². The molecule has 9 heteroatoms. The number of benzene rings is 3. The van der Waals surface area contributed by atoms with Crippen LogP contribution in [0.2, 0.25) is 0 Å². The molecule has 0 saturated heterocycles. The van der Waals surface area contributed by atoms with Gasteiger partial charge in [0.25, 0.3) is 5.91 Å². The minimum Gasteiger partial charge on any atom is -0.503 e. The number of ketones is 1. The molecular formula is C31H27N3O4S2. The van der Waals surface area contributed by atoms with Gasteiger partial charge in [0.1, 0.15) is 5.75 Å². The van der Waals surface area contributed by atoms with Gasteiger partial charge in [-0.1, -0.05) is 109 Å². The van der Waals surface area contributed by atoms with Crippen LogP contribution >= 0.6 is 23.1 Å². The van der Waals surface area contributed by atoms with E-state index in [1.54, 1.807) is 12.1 Å². The molecule has 1 aliphatic heterocycles. The van der Waals surface area contributed by atoms with Gasteiger partial charge in [-0.25, -0.2) is 0 Å². The highest BCUT2D eigenvalue weighted by Crippen LogP contribution is 2.44. The molecule has 1 atom stereocenters. The van der Waals surface area contributed by atoms with E-state index in [0.29, 0.717) is 33.1 Å². The smallest absolute Gasteiger partial charge is 0.296 e. The second-order valence-corrected chi connectivity index (χ2v) is 11.2. The standard InChI is InChI=1S/C31H27N3O4S2/c1-2-18-38-24-15-9-14-23(19-24)27-26(25(35)17-16-21-10-5-3-6-11-21)28(36)29(37)34(27)30-32-33-31(40-30)39-20-22-12-7-4-8-13-22/h3-17,19,27,36H,2,18,20H2,1H3/b17-16+. The van der Waals surface area contributed by atoms with Crippen molar-refractivity contribution in [1.29, 1.82) is 0 Å². The van der Waals surface area contributed by atoms with Gasteiger partial charge in [0, 0.05) is 5.75 Å². The van der Waals surface area contributed by atoms with Gasteiger partial charge in [-0.15, -0.1) is 10.2 Å². The van der Waals surface area contributed by atoms with Crippen molar-refractivity contribution in [2.75, 3.05) is 11.5 Å². The molecule has 7 nitrogen and oxygen atoms in total. The quantitative estimate of drug-likeness (QED) is 0.121. The van der Waals surface area contributed by atoms with E-state index < -0.39 is 23.5 Å². The number of ether oxygens (including phenoxy) is 1. The number of hydrogen-bond acceptors (Lipinski definition) is 8. The average Bonchev–Trinajstić information content (AvgIpc) is 3.56. The SMILES string of the molecule is CCCOc1cccc(C2C(C(=O)/C=C/c3ccccc3)=C(O)C(=O)N2c2nnc(SCc3ccccc3)s2)c1. The number of carbonyl (C=O) groups excluding carboxylic acids is 2. The number of aliphatic hydroxyl groups is 1. The van der Waals surface area contributed by atoms with Gasteiger partial charge in [-0.2, -0.15) is 0 Å². The zero-order valence-corrected chi connectivity index (χ0v) is 23.4. The number of carbonyl (C=O) groups is 2. The fourth-order valence-electron chi connectivity index (χ4n) is 4.27. The first kappa shape index (κ1) is 27.4.